The van der Waals surface area contributed by atoms with Gasteiger partial charge in [-0.25, -0.2) is 0 Å². The van der Waals surface area contributed by atoms with Gasteiger partial charge in [0.1, 0.15) is 5.76 Å². The zero-order chi connectivity index (χ0) is 11.4. The summed E-state index contributed by atoms with van der Waals surface area (Å²) in [5.74, 6) is 1.51. The zero-order valence-corrected chi connectivity index (χ0v) is 11.1. The number of hydrogen-bond acceptors (Lipinski definition) is 3. The van der Waals surface area contributed by atoms with Crippen molar-refractivity contribution >= 4 is 15.9 Å². The van der Waals surface area contributed by atoms with Crippen LogP contribution in [0.3, 0.4) is 0 Å². The molecule has 1 aliphatic rings. The maximum atomic E-state index is 5.57. The molecule has 0 bridgehead atoms. The number of hydrogen-bond donors (Lipinski definition) is 1. The average molecular weight is 288 g/mol. The molecule has 1 N–H and O–H groups in total. The molecular weight excluding hydrogens is 270 g/mol. The lowest BCUT2D eigenvalue weighted by molar-refractivity contribution is 0.0357. The van der Waals surface area contributed by atoms with Crippen LogP contribution in [0.25, 0.3) is 0 Å². The van der Waals surface area contributed by atoms with Crippen LogP contribution in [-0.2, 0) is 4.74 Å². The van der Waals surface area contributed by atoms with E-state index in [1.165, 1.54) is 6.42 Å². The lowest BCUT2D eigenvalue weighted by Crippen LogP contribution is -2.33. The van der Waals surface area contributed by atoms with Crippen molar-refractivity contribution in [3.63, 3.8) is 0 Å². The maximum absolute atomic E-state index is 5.57. The SMILES string of the molecule is CCNC(c1occc1Br)C1CCCOC1. The number of ether oxygens (including phenoxy) is 1. The minimum atomic E-state index is 0.259. The number of halogens is 1. The Labute approximate surface area is 105 Å². The molecule has 1 aromatic heterocycles. The number of nitrogens with one attached hydrogen (secondary N) is 1. The van der Waals surface area contributed by atoms with Crippen molar-refractivity contribution < 1.29 is 9.15 Å². The van der Waals surface area contributed by atoms with Crippen molar-refractivity contribution in [2.24, 2.45) is 5.92 Å². The van der Waals surface area contributed by atoms with Crippen molar-refractivity contribution in [2.75, 3.05) is 19.8 Å². The molecule has 0 aliphatic carbocycles. The Kier molecular flexibility index (Phi) is 4.44. The number of rotatable bonds is 4. The second kappa shape index (κ2) is 5.84. The van der Waals surface area contributed by atoms with Crippen molar-refractivity contribution in [2.45, 2.75) is 25.8 Å². The predicted octanol–water partition coefficient (Wildman–Crippen LogP) is 3.12. The summed E-state index contributed by atoms with van der Waals surface area (Å²) in [6.45, 7) is 4.78. The van der Waals surface area contributed by atoms with Crippen LogP contribution in [0.4, 0.5) is 0 Å². The van der Waals surface area contributed by atoms with E-state index in [1.54, 1.807) is 6.26 Å². The van der Waals surface area contributed by atoms with Gasteiger partial charge < -0.3 is 14.5 Å². The molecule has 1 aliphatic heterocycles. The first-order chi connectivity index (χ1) is 7.83. The van der Waals surface area contributed by atoms with Crippen LogP contribution in [0.1, 0.15) is 31.6 Å². The molecule has 1 saturated heterocycles. The summed E-state index contributed by atoms with van der Waals surface area (Å²) in [7, 11) is 0. The third kappa shape index (κ3) is 2.67. The molecule has 0 aromatic carbocycles. The second-order valence-electron chi connectivity index (χ2n) is 4.15. The molecule has 90 valence electrons. The van der Waals surface area contributed by atoms with E-state index in [-0.39, 0.29) is 6.04 Å². The fourth-order valence-electron chi connectivity index (χ4n) is 2.25. The van der Waals surface area contributed by atoms with Gasteiger partial charge in [-0.05, 0) is 41.4 Å². The molecule has 0 radical (unpaired) electrons. The fraction of sp³-hybridized carbons (Fsp3) is 0.667. The van der Waals surface area contributed by atoms with Crippen LogP contribution in [0.5, 0.6) is 0 Å². The van der Waals surface area contributed by atoms with Gasteiger partial charge in [0, 0.05) is 12.5 Å². The van der Waals surface area contributed by atoms with E-state index in [0.717, 1.165) is 36.4 Å². The van der Waals surface area contributed by atoms with Gasteiger partial charge in [-0.1, -0.05) is 6.92 Å². The van der Waals surface area contributed by atoms with Gasteiger partial charge in [-0.15, -0.1) is 0 Å². The highest BCUT2D eigenvalue weighted by Crippen LogP contribution is 2.33. The van der Waals surface area contributed by atoms with Crippen LogP contribution in [-0.4, -0.2) is 19.8 Å². The molecule has 2 rings (SSSR count). The molecule has 3 nitrogen and oxygen atoms in total. The van der Waals surface area contributed by atoms with Crippen LogP contribution < -0.4 is 5.32 Å². The molecule has 2 heterocycles. The molecule has 0 saturated carbocycles. The van der Waals surface area contributed by atoms with Gasteiger partial charge in [-0.3, -0.25) is 0 Å². The first-order valence-corrected chi connectivity index (χ1v) is 6.66. The van der Waals surface area contributed by atoms with Gasteiger partial charge in [0.15, 0.2) is 0 Å². The monoisotopic (exact) mass is 287 g/mol. The van der Waals surface area contributed by atoms with Crippen molar-refractivity contribution in [3.8, 4) is 0 Å². The normalized spacial score (nSPS) is 23.2. The highest BCUT2D eigenvalue weighted by molar-refractivity contribution is 9.10. The highest BCUT2D eigenvalue weighted by Gasteiger charge is 2.28. The van der Waals surface area contributed by atoms with E-state index in [4.69, 9.17) is 9.15 Å². The Morgan fingerprint density at radius 2 is 2.50 bits per heavy atom. The second-order valence-corrected chi connectivity index (χ2v) is 5.00. The molecular formula is C12H18BrNO2. The third-order valence-electron chi connectivity index (χ3n) is 3.02. The summed E-state index contributed by atoms with van der Waals surface area (Å²) >= 11 is 3.53. The van der Waals surface area contributed by atoms with Gasteiger partial charge in [0.05, 0.1) is 23.4 Å². The lowest BCUT2D eigenvalue weighted by Gasteiger charge is -2.29. The van der Waals surface area contributed by atoms with Crippen molar-refractivity contribution in [3.05, 3.63) is 22.6 Å². The van der Waals surface area contributed by atoms with E-state index >= 15 is 0 Å². The standard InChI is InChI=1S/C12H18BrNO2/c1-2-14-11(9-4-3-6-15-8-9)12-10(13)5-7-16-12/h5,7,9,11,14H,2-4,6,8H2,1H3. The summed E-state index contributed by atoms with van der Waals surface area (Å²) in [4.78, 5) is 0. The Hall–Kier alpha value is -0.320. The molecule has 1 fully saturated rings. The van der Waals surface area contributed by atoms with Crippen molar-refractivity contribution in [1.29, 1.82) is 0 Å². The van der Waals surface area contributed by atoms with Crippen LogP contribution in [0.15, 0.2) is 21.2 Å². The Balaban J connectivity index is 2.12. The van der Waals surface area contributed by atoms with Crippen LogP contribution in [0, 0.1) is 5.92 Å². The Morgan fingerprint density at radius 1 is 1.62 bits per heavy atom. The summed E-state index contributed by atoms with van der Waals surface area (Å²) in [5.41, 5.74) is 0. The van der Waals surface area contributed by atoms with Crippen LogP contribution >= 0.6 is 15.9 Å². The summed E-state index contributed by atoms with van der Waals surface area (Å²) < 4.78 is 12.2. The summed E-state index contributed by atoms with van der Waals surface area (Å²) in [5, 5.41) is 3.49. The molecule has 0 spiro atoms. The maximum Gasteiger partial charge on any atom is 0.135 e. The quantitative estimate of drug-likeness (QED) is 0.924. The highest BCUT2D eigenvalue weighted by atomic mass is 79.9. The third-order valence-corrected chi connectivity index (χ3v) is 3.67. The largest absolute Gasteiger partial charge is 0.466 e. The zero-order valence-electron chi connectivity index (χ0n) is 9.54. The summed E-state index contributed by atoms with van der Waals surface area (Å²) in [6, 6.07) is 2.21. The first-order valence-electron chi connectivity index (χ1n) is 5.87. The predicted molar refractivity (Wildman–Crippen MR) is 66.4 cm³/mol. The molecule has 1 aromatic rings. The minimum Gasteiger partial charge on any atom is -0.466 e. The molecule has 2 atom stereocenters. The Bertz CT molecular complexity index is 321. The van der Waals surface area contributed by atoms with E-state index in [2.05, 4.69) is 28.2 Å². The fourth-order valence-corrected chi connectivity index (χ4v) is 2.70. The molecule has 2 unspecified atom stereocenters. The smallest absolute Gasteiger partial charge is 0.135 e. The van der Waals surface area contributed by atoms with E-state index in [0.29, 0.717) is 5.92 Å². The van der Waals surface area contributed by atoms with E-state index < -0.39 is 0 Å². The van der Waals surface area contributed by atoms with Crippen molar-refractivity contribution in [1.82, 2.24) is 5.32 Å². The Morgan fingerprint density at radius 3 is 3.06 bits per heavy atom. The minimum absolute atomic E-state index is 0.259. The van der Waals surface area contributed by atoms with Crippen LogP contribution in [0.2, 0.25) is 0 Å². The van der Waals surface area contributed by atoms with Gasteiger partial charge in [0.25, 0.3) is 0 Å². The van der Waals surface area contributed by atoms with E-state index in [1.807, 2.05) is 6.07 Å². The van der Waals surface area contributed by atoms with Gasteiger partial charge >= 0.3 is 0 Å². The molecule has 16 heavy (non-hydrogen) atoms. The van der Waals surface area contributed by atoms with Gasteiger partial charge in [0.2, 0.25) is 0 Å². The van der Waals surface area contributed by atoms with E-state index in [9.17, 15) is 0 Å². The molecule has 4 heteroatoms. The number of furan rings is 1. The lowest BCUT2D eigenvalue weighted by atomic mass is 9.92. The summed E-state index contributed by atoms with van der Waals surface area (Å²) in [6.07, 6.45) is 4.07. The first kappa shape index (κ1) is 12.1. The average Bonchev–Trinajstić information content (AvgIpc) is 2.73. The topological polar surface area (TPSA) is 34.4 Å². The van der Waals surface area contributed by atoms with Gasteiger partial charge in [-0.2, -0.15) is 0 Å². The molecule has 0 amide bonds.